The minimum absolute atomic E-state index is 0. The van der Waals surface area contributed by atoms with Gasteiger partial charge in [-0.1, -0.05) is 23.5 Å². The van der Waals surface area contributed by atoms with Gasteiger partial charge in [0.15, 0.2) is 10.7 Å². The van der Waals surface area contributed by atoms with Crippen molar-refractivity contribution in [3.63, 3.8) is 0 Å². The minimum atomic E-state index is -1.29. The van der Waals surface area contributed by atoms with Crippen molar-refractivity contribution in [2.45, 2.75) is 20.8 Å². The van der Waals surface area contributed by atoms with Crippen LogP contribution < -0.4 is 44.1 Å². The number of aliphatic hydroxyl groups is 3. The van der Waals surface area contributed by atoms with E-state index in [1.807, 2.05) is 26.2 Å². The zero-order valence-electron chi connectivity index (χ0n) is 47.2. The average Bonchev–Trinajstić information content (AvgIpc) is 4.02. The molecule has 0 saturated carbocycles. The Morgan fingerprint density at radius 2 is 0.929 bits per heavy atom. The van der Waals surface area contributed by atoms with Gasteiger partial charge in [-0.05, 0) is 32.9 Å². The Morgan fingerprint density at radius 3 is 1.31 bits per heavy atom. The van der Waals surface area contributed by atoms with Gasteiger partial charge >= 0.3 is 35.5 Å². The number of ketones is 3. The number of carboxylic acids is 2. The summed E-state index contributed by atoms with van der Waals surface area (Å²) in [7, 11) is 11.1. The number of carbonyl (C=O) groups is 5. The van der Waals surface area contributed by atoms with Gasteiger partial charge in [0.25, 0.3) is 0 Å². The maximum absolute atomic E-state index is 11.7. The van der Waals surface area contributed by atoms with Crippen LogP contribution in [0, 0.1) is 20.8 Å². The summed E-state index contributed by atoms with van der Waals surface area (Å²) in [5.74, 6) is -2.56. The number of Topliss-reactive ketones (excluding diaryl/α,β-unsaturated/α-hetero) is 3. The normalized spacial score (nSPS) is 10.3. The summed E-state index contributed by atoms with van der Waals surface area (Å²) in [6.07, 6.45) is 10.8. The molecule has 0 saturated heterocycles. The molecule has 4 N–H and O–H groups in total. The Kier molecular flexibility index (Phi) is 23.8. The number of ether oxygens (including phenoxy) is 2. The third-order valence-electron chi connectivity index (χ3n) is 11.4. The number of aryl methyl sites for hydroxylation is 8. The van der Waals surface area contributed by atoms with Crippen molar-refractivity contribution in [2.24, 2.45) is 35.2 Å². The quantitative estimate of drug-likeness (QED) is 0.0766. The van der Waals surface area contributed by atoms with E-state index in [2.05, 4.69) is 60.6 Å². The first-order chi connectivity index (χ1) is 39.7. The van der Waals surface area contributed by atoms with E-state index in [-0.39, 0.29) is 52.5 Å². The predicted molar refractivity (Wildman–Crippen MR) is 296 cm³/mol. The summed E-state index contributed by atoms with van der Waals surface area (Å²) in [5.41, 5.74) is 7.08. The van der Waals surface area contributed by atoms with Gasteiger partial charge in [0.2, 0.25) is 29.1 Å². The average molecular weight is 1200 g/mol. The van der Waals surface area contributed by atoms with Crippen LogP contribution in [0.5, 0.6) is 11.8 Å². The number of methoxy groups -OCH3 is 2. The number of hydrogen-bond donors (Lipinski definition) is 4. The van der Waals surface area contributed by atoms with Gasteiger partial charge in [-0.25, -0.2) is 24.7 Å². The number of aromatic nitrogens is 17. The first-order valence-electron chi connectivity index (χ1n) is 24.2. The van der Waals surface area contributed by atoms with Gasteiger partial charge in [-0.2, -0.15) is 25.5 Å². The molecule has 10 heterocycles. The van der Waals surface area contributed by atoms with Crippen molar-refractivity contribution in [3.05, 3.63) is 129 Å². The topological polar surface area (TPSA) is 387 Å². The van der Waals surface area contributed by atoms with E-state index in [0.717, 1.165) is 21.4 Å². The summed E-state index contributed by atoms with van der Waals surface area (Å²) in [5, 5.41) is 78.6. The van der Waals surface area contributed by atoms with E-state index in [0.29, 0.717) is 78.7 Å². The number of rotatable bonds is 15. The molecule has 29 nitrogen and oxygen atoms in total. The molecule has 0 aliphatic rings. The van der Waals surface area contributed by atoms with Gasteiger partial charge < -0.3 is 39.8 Å². The maximum atomic E-state index is 11.7. The van der Waals surface area contributed by atoms with Crippen molar-refractivity contribution < 1.29 is 88.5 Å². The molecule has 0 aliphatic carbocycles. The second-order valence-electron chi connectivity index (χ2n) is 17.0. The van der Waals surface area contributed by atoms with Gasteiger partial charge in [0, 0.05) is 70.1 Å². The molecule has 0 atom stereocenters. The number of thiazole rings is 1. The van der Waals surface area contributed by atoms with Crippen LogP contribution in [0.25, 0.3) is 55.6 Å². The summed E-state index contributed by atoms with van der Waals surface area (Å²) in [6, 6.07) is 10.3. The largest absolute Gasteiger partial charge is 1.00 e. The van der Waals surface area contributed by atoms with Crippen LogP contribution in [-0.4, -0.2) is 168 Å². The Balaban J connectivity index is 0.000000192. The van der Waals surface area contributed by atoms with E-state index >= 15 is 0 Å². The Labute approximate surface area is 508 Å². The number of aliphatic hydroxyl groups excluding tert-OH is 3. The minimum Gasteiger partial charge on any atom is -0.543 e. The molecule has 432 valence electrons. The Bertz CT molecular complexity index is 3920. The molecular formula is C52H54N17NaO12S2. The molecule has 0 unspecified atom stereocenters. The zero-order chi connectivity index (χ0) is 60.7. The summed E-state index contributed by atoms with van der Waals surface area (Å²) >= 11 is 2.86. The van der Waals surface area contributed by atoms with Gasteiger partial charge in [0.1, 0.15) is 41.9 Å². The second-order valence-corrected chi connectivity index (χ2v) is 19.3. The summed E-state index contributed by atoms with van der Waals surface area (Å²) < 4.78 is 16.9. The standard InChI is InChI=1S/C12H13N3O3.C11H12N4O2.C11H11N3O3.C10H11N3O2S.C8H8N4O2S.Na/c1-15-12(10(17)7-16)8(6-13-15)9-4-3-5-11(14-9)18-2;1-7-3-12-5-9(14-7)8-4-13-15(2)11(8)10(17)6-16;1-14-10(11(15)16)7(6-12-14)8-4-3-5-9(13-8)17-2;1-6-12-8(5-16-6)7-3-11-13(2)10(7)9(15)4-14;1-4-10-11-7(15-4)5-3-9-12(2)6(5)8(13)14;/h3-6,16H,7H2,1-2H3;3-5,16H,6H2,1-2H3;3-6H,1-2H3,(H,15,16);3,5,14H,4H2,1-2H3;3H,1-2H3,(H,13,14);/q;;;;;+1/p-1. The van der Waals surface area contributed by atoms with E-state index in [1.54, 1.807) is 95.6 Å². The number of hydrogen-bond acceptors (Lipinski definition) is 25. The fraction of sp³-hybridized carbons (Fsp3) is 0.250. The molecule has 0 aliphatic heterocycles. The number of aromatic carboxylic acids is 2. The number of carbonyl (C=O) groups excluding carboxylic acids is 4. The molecule has 0 fully saturated rings. The SMILES string of the molecule is COc1cccc(-c2cnn(C)c2C(=O)CO)n1.COc1cccc(-c2cnn(C)c2C(=O)[O-])n1.Cc1cncc(-c2cnn(C)c2C(=O)CO)n1.Cc1nc(-c2cnn(C)c2C(=O)CO)cs1.Cc1nnc(-c2cnn(C)c2C(=O)O)s1.[Na+]. The Hall–Kier alpha value is -8.95. The van der Waals surface area contributed by atoms with Crippen LogP contribution in [0.3, 0.4) is 0 Å². The van der Waals surface area contributed by atoms with Crippen LogP contribution in [0.2, 0.25) is 0 Å². The molecule has 0 amide bonds. The van der Waals surface area contributed by atoms with Gasteiger partial charge in [-0.3, -0.25) is 42.8 Å². The first kappa shape index (κ1) is 65.9. The number of nitrogens with zero attached hydrogens (tertiary/aromatic N) is 17. The van der Waals surface area contributed by atoms with Crippen molar-refractivity contribution in [1.82, 2.24) is 84.0 Å². The predicted octanol–water partition coefficient (Wildman–Crippen LogP) is -0.143. The van der Waals surface area contributed by atoms with Gasteiger partial charge in [0.05, 0.1) is 113 Å². The molecule has 0 aromatic carbocycles. The van der Waals surface area contributed by atoms with E-state index in [4.69, 9.17) is 29.9 Å². The van der Waals surface area contributed by atoms with Crippen LogP contribution in [0.15, 0.2) is 85.2 Å². The van der Waals surface area contributed by atoms with Crippen molar-refractivity contribution in [1.29, 1.82) is 0 Å². The van der Waals surface area contributed by atoms with Crippen LogP contribution in [0.1, 0.15) is 68.2 Å². The van der Waals surface area contributed by atoms with E-state index in [9.17, 15) is 29.1 Å². The summed E-state index contributed by atoms with van der Waals surface area (Å²) in [6.45, 7) is 3.91. The smallest absolute Gasteiger partial charge is 0.543 e. The van der Waals surface area contributed by atoms with Gasteiger partial charge in [-0.15, -0.1) is 21.5 Å². The van der Waals surface area contributed by atoms with Crippen molar-refractivity contribution in [3.8, 4) is 67.4 Å². The van der Waals surface area contributed by atoms with Crippen LogP contribution in [-0.2, 0) is 35.2 Å². The molecule has 0 radical (unpaired) electrons. The molecule has 32 heteroatoms. The fourth-order valence-corrected chi connectivity index (χ4v) is 8.96. The number of carboxylic acid groups (broad SMARTS) is 2. The second kappa shape index (κ2) is 30.4. The van der Waals surface area contributed by atoms with Crippen LogP contribution >= 0.6 is 22.7 Å². The van der Waals surface area contributed by atoms with E-state index < -0.39 is 37.5 Å². The molecule has 10 rings (SSSR count). The van der Waals surface area contributed by atoms with Crippen LogP contribution in [0.4, 0.5) is 0 Å². The molecule has 84 heavy (non-hydrogen) atoms. The maximum Gasteiger partial charge on any atom is 1.00 e. The monoisotopic (exact) mass is 1200 g/mol. The van der Waals surface area contributed by atoms with E-state index in [1.165, 1.54) is 79.7 Å². The van der Waals surface area contributed by atoms with Crippen molar-refractivity contribution >= 4 is 52.0 Å². The Morgan fingerprint density at radius 1 is 0.512 bits per heavy atom. The summed E-state index contributed by atoms with van der Waals surface area (Å²) in [4.78, 5) is 77.8. The third kappa shape index (κ3) is 16.0. The molecule has 0 spiro atoms. The molecule has 10 aromatic heterocycles. The zero-order valence-corrected chi connectivity index (χ0v) is 50.8. The van der Waals surface area contributed by atoms with Crippen molar-refractivity contribution in [2.75, 3.05) is 34.0 Å². The fourth-order valence-electron chi connectivity index (χ4n) is 7.65. The third-order valence-corrected chi connectivity index (χ3v) is 13.1. The molecule has 0 bridgehead atoms. The first-order valence-corrected chi connectivity index (χ1v) is 25.9. The molecule has 10 aromatic rings. The number of pyridine rings is 2. The molecular weight excluding hydrogens is 1140 g/mol.